The van der Waals surface area contributed by atoms with Gasteiger partial charge in [0, 0.05) is 31.9 Å². The highest BCUT2D eigenvalue weighted by atomic mass is 16.5. The lowest BCUT2D eigenvalue weighted by atomic mass is 10.2. The van der Waals surface area contributed by atoms with Crippen molar-refractivity contribution in [3.05, 3.63) is 54.1 Å². The molecular formula is C20H25N3O2. The van der Waals surface area contributed by atoms with E-state index in [0.717, 1.165) is 43.3 Å². The van der Waals surface area contributed by atoms with Gasteiger partial charge in [0.05, 0.1) is 19.3 Å². The molecule has 0 spiro atoms. The predicted molar refractivity (Wildman–Crippen MR) is 101 cm³/mol. The summed E-state index contributed by atoms with van der Waals surface area (Å²) in [5, 5.41) is 2.96. The maximum atomic E-state index is 12.2. The van der Waals surface area contributed by atoms with Crippen LogP contribution < -0.4 is 15.0 Å². The van der Waals surface area contributed by atoms with Gasteiger partial charge in [0.1, 0.15) is 5.75 Å². The first-order chi connectivity index (χ1) is 12.2. The molecule has 1 aliphatic heterocycles. The van der Waals surface area contributed by atoms with Crippen LogP contribution in [0.5, 0.6) is 5.75 Å². The molecule has 2 aromatic carbocycles. The fourth-order valence-electron chi connectivity index (χ4n) is 3.08. The molecule has 1 fully saturated rings. The molecule has 0 unspecified atom stereocenters. The fraction of sp³-hybridized carbons (Fsp3) is 0.350. The summed E-state index contributed by atoms with van der Waals surface area (Å²) in [6, 6.07) is 15.9. The van der Waals surface area contributed by atoms with Gasteiger partial charge in [-0.05, 0) is 31.2 Å². The van der Waals surface area contributed by atoms with E-state index in [1.807, 2.05) is 49.4 Å². The Morgan fingerprint density at radius 2 is 1.72 bits per heavy atom. The molecule has 1 amide bonds. The summed E-state index contributed by atoms with van der Waals surface area (Å²) in [6.45, 7) is 5.95. The number of amides is 1. The summed E-state index contributed by atoms with van der Waals surface area (Å²) in [6.07, 6.45) is 0. The number of ether oxygens (including phenoxy) is 1. The van der Waals surface area contributed by atoms with Gasteiger partial charge < -0.3 is 15.0 Å². The minimum Gasteiger partial charge on any atom is -0.495 e. The predicted octanol–water partition coefficient (Wildman–Crippen LogP) is 2.76. The van der Waals surface area contributed by atoms with Crippen LogP contribution in [-0.4, -0.2) is 50.6 Å². The van der Waals surface area contributed by atoms with E-state index in [0.29, 0.717) is 6.54 Å². The molecule has 0 aromatic heterocycles. The Labute approximate surface area is 149 Å². The molecule has 25 heavy (non-hydrogen) atoms. The minimum absolute atomic E-state index is 0.0367. The van der Waals surface area contributed by atoms with Crippen LogP contribution >= 0.6 is 0 Å². The average Bonchev–Trinajstić information content (AvgIpc) is 2.64. The molecule has 0 saturated carbocycles. The molecule has 1 heterocycles. The first kappa shape index (κ1) is 17.3. The Morgan fingerprint density at radius 3 is 2.40 bits per heavy atom. The standard InChI is InChI=1S/C20H25N3O2/c1-16-7-9-17(10-8-16)21-20(24)15-22-11-13-23(14-12-22)18-5-3-4-6-19(18)25-2/h3-10H,11-15H2,1-2H3,(H,21,24). The zero-order chi connectivity index (χ0) is 17.6. The third-order valence-electron chi connectivity index (χ3n) is 4.50. The van der Waals surface area contributed by atoms with Crippen LogP contribution in [-0.2, 0) is 4.79 Å². The highest BCUT2D eigenvalue weighted by molar-refractivity contribution is 5.92. The van der Waals surface area contributed by atoms with E-state index < -0.39 is 0 Å². The number of para-hydroxylation sites is 2. The second-order valence-electron chi connectivity index (χ2n) is 6.35. The summed E-state index contributed by atoms with van der Waals surface area (Å²) in [5.74, 6) is 0.933. The van der Waals surface area contributed by atoms with Gasteiger partial charge in [-0.1, -0.05) is 29.8 Å². The van der Waals surface area contributed by atoms with Crippen molar-refractivity contribution in [2.45, 2.75) is 6.92 Å². The van der Waals surface area contributed by atoms with Crippen LogP contribution in [0.15, 0.2) is 48.5 Å². The van der Waals surface area contributed by atoms with Gasteiger partial charge in [-0.2, -0.15) is 0 Å². The Hall–Kier alpha value is -2.53. The van der Waals surface area contributed by atoms with Crippen LogP contribution in [0.1, 0.15) is 5.56 Å². The van der Waals surface area contributed by atoms with Crippen LogP contribution in [0.3, 0.4) is 0 Å². The molecule has 132 valence electrons. The van der Waals surface area contributed by atoms with Gasteiger partial charge in [-0.3, -0.25) is 9.69 Å². The normalized spacial score (nSPS) is 15.0. The number of nitrogens with one attached hydrogen (secondary N) is 1. The van der Waals surface area contributed by atoms with E-state index in [9.17, 15) is 4.79 Å². The van der Waals surface area contributed by atoms with E-state index in [1.54, 1.807) is 7.11 Å². The van der Waals surface area contributed by atoms with E-state index in [-0.39, 0.29) is 5.91 Å². The average molecular weight is 339 g/mol. The van der Waals surface area contributed by atoms with Crippen molar-refractivity contribution in [1.82, 2.24) is 4.90 Å². The lowest BCUT2D eigenvalue weighted by molar-refractivity contribution is -0.117. The molecule has 1 aliphatic rings. The third kappa shape index (κ3) is 4.51. The molecule has 2 aromatic rings. The molecule has 5 nitrogen and oxygen atoms in total. The van der Waals surface area contributed by atoms with Gasteiger partial charge in [0.15, 0.2) is 0 Å². The molecular weight excluding hydrogens is 314 g/mol. The van der Waals surface area contributed by atoms with Gasteiger partial charge in [0.2, 0.25) is 5.91 Å². The van der Waals surface area contributed by atoms with Crippen LogP contribution in [0.2, 0.25) is 0 Å². The quantitative estimate of drug-likeness (QED) is 0.910. The second-order valence-corrected chi connectivity index (χ2v) is 6.35. The molecule has 0 atom stereocenters. The number of carbonyl (C=O) groups excluding carboxylic acids is 1. The number of anilines is 2. The summed E-state index contributed by atoms with van der Waals surface area (Å²) in [7, 11) is 1.70. The van der Waals surface area contributed by atoms with E-state index >= 15 is 0 Å². The van der Waals surface area contributed by atoms with E-state index in [1.165, 1.54) is 5.56 Å². The van der Waals surface area contributed by atoms with E-state index in [4.69, 9.17) is 4.74 Å². The number of carbonyl (C=O) groups is 1. The van der Waals surface area contributed by atoms with Crippen molar-refractivity contribution < 1.29 is 9.53 Å². The van der Waals surface area contributed by atoms with Gasteiger partial charge in [-0.25, -0.2) is 0 Å². The Kier molecular flexibility index (Phi) is 5.56. The lowest BCUT2D eigenvalue weighted by Gasteiger charge is -2.36. The molecule has 0 radical (unpaired) electrons. The first-order valence-corrected chi connectivity index (χ1v) is 8.62. The topological polar surface area (TPSA) is 44.8 Å². The lowest BCUT2D eigenvalue weighted by Crippen LogP contribution is -2.48. The number of benzene rings is 2. The smallest absolute Gasteiger partial charge is 0.238 e. The van der Waals surface area contributed by atoms with Crippen LogP contribution in [0.25, 0.3) is 0 Å². The number of hydrogen-bond donors (Lipinski definition) is 1. The number of rotatable bonds is 5. The Bertz CT molecular complexity index is 707. The van der Waals surface area contributed by atoms with Crippen LogP contribution in [0.4, 0.5) is 11.4 Å². The first-order valence-electron chi connectivity index (χ1n) is 8.62. The maximum Gasteiger partial charge on any atom is 0.238 e. The second kappa shape index (κ2) is 8.03. The number of nitrogens with zero attached hydrogens (tertiary/aromatic N) is 2. The summed E-state index contributed by atoms with van der Waals surface area (Å²) >= 11 is 0. The fourth-order valence-corrected chi connectivity index (χ4v) is 3.08. The Morgan fingerprint density at radius 1 is 1.04 bits per heavy atom. The molecule has 1 N–H and O–H groups in total. The van der Waals surface area contributed by atoms with Crippen molar-refractivity contribution in [2.75, 3.05) is 50.1 Å². The molecule has 5 heteroatoms. The van der Waals surface area contributed by atoms with Crippen molar-refractivity contribution in [2.24, 2.45) is 0 Å². The van der Waals surface area contributed by atoms with Gasteiger partial charge in [-0.15, -0.1) is 0 Å². The molecule has 0 aliphatic carbocycles. The SMILES string of the molecule is COc1ccccc1N1CCN(CC(=O)Nc2ccc(C)cc2)CC1. The van der Waals surface area contributed by atoms with E-state index in [2.05, 4.69) is 21.2 Å². The molecule has 1 saturated heterocycles. The third-order valence-corrected chi connectivity index (χ3v) is 4.50. The summed E-state index contributed by atoms with van der Waals surface area (Å²) in [5.41, 5.74) is 3.16. The van der Waals surface area contributed by atoms with Crippen molar-refractivity contribution in [3.63, 3.8) is 0 Å². The maximum absolute atomic E-state index is 12.2. The summed E-state index contributed by atoms with van der Waals surface area (Å²) in [4.78, 5) is 16.7. The highest BCUT2D eigenvalue weighted by Crippen LogP contribution is 2.28. The summed E-state index contributed by atoms with van der Waals surface area (Å²) < 4.78 is 5.45. The highest BCUT2D eigenvalue weighted by Gasteiger charge is 2.21. The van der Waals surface area contributed by atoms with Crippen LogP contribution in [0, 0.1) is 6.92 Å². The van der Waals surface area contributed by atoms with Crippen molar-refractivity contribution >= 4 is 17.3 Å². The minimum atomic E-state index is 0.0367. The zero-order valence-corrected chi connectivity index (χ0v) is 14.9. The monoisotopic (exact) mass is 339 g/mol. The number of hydrogen-bond acceptors (Lipinski definition) is 4. The number of piperazine rings is 1. The van der Waals surface area contributed by atoms with Gasteiger partial charge in [0.25, 0.3) is 0 Å². The van der Waals surface area contributed by atoms with Crippen molar-refractivity contribution in [3.8, 4) is 5.75 Å². The number of methoxy groups -OCH3 is 1. The van der Waals surface area contributed by atoms with Crippen molar-refractivity contribution in [1.29, 1.82) is 0 Å². The Balaban J connectivity index is 1.50. The number of aryl methyl sites for hydroxylation is 1. The zero-order valence-electron chi connectivity index (χ0n) is 14.9. The molecule has 3 rings (SSSR count). The molecule has 0 bridgehead atoms. The van der Waals surface area contributed by atoms with Gasteiger partial charge >= 0.3 is 0 Å². The largest absolute Gasteiger partial charge is 0.495 e.